The largest absolute Gasteiger partial charge is 0.487 e. The molecule has 2 aromatic heterocycles. The number of piperidine rings is 2. The second-order valence-corrected chi connectivity index (χ2v) is 17.4. The molecular weight excluding hydrogens is 828 g/mol. The molecule has 322 valence electrons. The molecule has 1 atom stereocenters. The molecule has 18 heteroatoms. The van der Waals surface area contributed by atoms with E-state index in [0.29, 0.717) is 35.8 Å². The van der Waals surface area contributed by atoms with Crippen molar-refractivity contribution in [1.29, 1.82) is 0 Å². The molecule has 14 nitrogen and oxygen atoms in total. The number of aromatic amines is 1. The smallest absolute Gasteiger partial charge is 0.420 e. The van der Waals surface area contributed by atoms with Crippen LogP contribution in [0.15, 0.2) is 71.9 Å². The van der Waals surface area contributed by atoms with Crippen molar-refractivity contribution in [2.75, 3.05) is 61.8 Å². The minimum absolute atomic E-state index is 0.134. The van der Waals surface area contributed by atoms with Crippen molar-refractivity contribution in [3.8, 4) is 17.0 Å². The van der Waals surface area contributed by atoms with Crippen molar-refractivity contribution in [3.05, 3.63) is 83.7 Å². The summed E-state index contributed by atoms with van der Waals surface area (Å²) in [5, 5.41) is 12.3. The zero-order valence-corrected chi connectivity index (χ0v) is 35.2. The molecule has 0 spiro atoms. The van der Waals surface area contributed by atoms with Gasteiger partial charge in [-0.1, -0.05) is 12.5 Å². The average molecular weight is 876 g/mol. The van der Waals surface area contributed by atoms with E-state index in [9.17, 15) is 28.0 Å². The van der Waals surface area contributed by atoms with Crippen molar-refractivity contribution in [3.63, 3.8) is 0 Å². The lowest BCUT2D eigenvalue weighted by atomic mass is 10.0. The number of hydrogen-bond acceptors (Lipinski definition) is 11. The minimum Gasteiger partial charge on any atom is -0.420 e. The zero-order valence-electron chi connectivity index (χ0n) is 33.6. The maximum atomic E-state index is 13.2. The van der Waals surface area contributed by atoms with E-state index in [0.717, 1.165) is 111 Å². The molecule has 4 aliphatic rings. The maximum absolute atomic E-state index is 13.2. The molecule has 6 heterocycles. The van der Waals surface area contributed by atoms with E-state index in [2.05, 4.69) is 46.3 Å². The number of nitrogens with zero attached hydrogens (tertiary/aromatic N) is 6. The van der Waals surface area contributed by atoms with E-state index in [-0.39, 0.29) is 29.9 Å². The number of amides is 4. The number of unbranched alkanes of at least 4 members (excludes halogenated alkanes) is 2. The Hall–Kier alpha value is -5.10. The Balaban J connectivity index is 0.758. The Morgan fingerprint density at radius 1 is 0.951 bits per heavy atom. The normalized spacial score (nSPS) is 19.3. The summed E-state index contributed by atoms with van der Waals surface area (Å²) in [4.78, 5) is 65.4. The van der Waals surface area contributed by atoms with Crippen LogP contribution in [0.4, 0.5) is 20.3 Å². The highest BCUT2D eigenvalue weighted by Crippen LogP contribution is 2.36. The number of nitrogens with one attached hydrogen (secondary N) is 3. The third kappa shape index (κ3) is 10.3. The number of fused-ring (bicyclic) bond motifs is 1. The quantitative estimate of drug-likeness (QED) is 0.0541. The van der Waals surface area contributed by atoms with Gasteiger partial charge in [-0.05, 0) is 98.5 Å². The Morgan fingerprint density at radius 2 is 1.74 bits per heavy atom. The fourth-order valence-electron chi connectivity index (χ4n) is 8.66. The van der Waals surface area contributed by atoms with Gasteiger partial charge in [0.1, 0.15) is 17.6 Å². The van der Waals surface area contributed by atoms with Gasteiger partial charge in [0.25, 0.3) is 11.8 Å². The standard InChI is InChI=1S/C43H48ClF2N9O5S/c44-43(45,46)60-31-9-7-29(8-10-31)49-40(57)28-25-33(35-13-16-48-51-35)39(47-26-28)54-18-14-30(15-19-54)53-22-20-52(21-23-53)17-2-1-3-24-61-37-6-4-5-32-34(37)27-55(42(32)59)36-11-12-38(56)50-41(36)58/h4-10,13,16,25-26,30,36H,1-3,11-12,14-15,17-24,27H2,(H,48,51)(H,49,57)(H,50,56,58). The number of aromatic nitrogens is 3. The second-order valence-electron chi connectivity index (χ2n) is 15.8. The van der Waals surface area contributed by atoms with E-state index in [4.69, 9.17) is 16.6 Å². The maximum Gasteiger partial charge on any atom is 0.487 e. The van der Waals surface area contributed by atoms with Crippen molar-refractivity contribution in [1.82, 2.24) is 35.2 Å². The third-order valence-corrected chi connectivity index (χ3v) is 13.1. The Kier molecular flexibility index (Phi) is 13.2. The summed E-state index contributed by atoms with van der Waals surface area (Å²) in [6, 6.07) is 14.8. The number of rotatable bonds is 15. The van der Waals surface area contributed by atoms with Crippen molar-refractivity contribution in [2.45, 2.75) is 74.0 Å². The van der Waals surface area contributed by atoms with Crippen LogP contribution in [0.1, 0.15) is 71.2 Å². The predicted octanol–water partition coefficient (Wildman–Crippen LogP) is 6.20. The lowest BCUT2D eigenvalue weighted by molar-refractivity contribution is -0.136. The lowest BCUT2D eigenvalue weighted by Gasteiger charge is -2.43. The topological polar surface area (TPSA) is 156 Å². The Morgan fingerprint density at radius 3 is 2.46 bits per heavy atom. The average Bonchev–Trinajstić information content (AvgIpc) is 3.91. The SMILES string of the molecule is O=C1CCC(N2Cc3c(SCCCCCN4CCN(C5CCN(c6ncc(C(=O)Nc7ccc(OC(F)(F)Cl)cc7)cc6-c6ccn[nH]6)CC5)CC4)cccc3C2=O)C(=O)N1. The fraction of sp³-hybridized carbons (Fsp3) is 0.442. The minimum atomic E-state index is -3.83. The molecule has 0 aliphatic carbocycles. The van der Waals surface area contributed by atoms with Crippen LogP contribution in [-0.2, 0) is 16.1 Å². The van der Waals surface area contributed by atoms with Gasteiger partial charge >= 0.3 is 5.57 Å². The number of carbonyl (C=O) groups excluding carboxylic acids is 4. The summed E-state index contributed by atoms with van der Waals surface area (Å²) in [5.41, 5.74) is 0.0588. The van der Waals surface area contributed by atoms with Crippen molar-refractivity contribution in [2.24, 2.45) is 0 Å². The molecule has 4 aliphatic heterocycles. The van der Waals surface area contributed by atoms with Crippen molar-refractivity contribution < 1.29 is 32.7 Å². The molecule has 4 amide bonds. The number of alkyl halides is 3. The molecule has 4 aromatic rings. The van der Waals surface area contributed by atoms with Gasteiger partial charge in [-0.25, -0.2) is 4.98 Å². The summed E-state index contributed by atoms with van der Waals surface area (Å²) >= 11 is 6.63. The molecule has 0 saturated carbocycles. The molecule has 8 rings (SSSR count). The second kappa shape index (κ2) is 18.9. The number of imide groups is 1. The van der Waals surface area contributed by atoms with Crippen LogP contribution in [0.3, 0.4) is 0 Å². The van der Waals surface area contributed by atoms with Crippen LogP contribution in [0.25, 0.3) is 11.3 Å². The van der Waals surface area contributed by atoms with Crippen LogP contribution in [0.2, 0.25) is 0 Å². The van der Waals surface area contributed by atoms with Crippen LogP contribution < -0.4 is 20.3 Å². The monoisotopic (exact) mass is 875 g/mol. The van der Waals surface area contributed by atoms with Gasteiger partial charge in [0.05, 0.1) is 11.3 Å². The number of pyridine rings is 1. The van der Waals surface area contributed by atoms with Gasteiger partial charge in [0, 0.05) is 104 Å². The van der Waals surface area contributed by atoms with E-state index < -0.39 is 17.5 Å². The first-order valence-electron chi connectivity index (χ1n) is 20.8. The van der Waals surface area contributed by atoms with E-state index in [1.54, 1.807) is 35.1 Å². The van der Waals surface area contributed by atoms with Gasteiger partial charge in [-0.3, -0.25) is 34.5 Å². The number of carbonyl (C=O) groups is 4. The summed E-state index contributed by atoms with van der Waals surface area (Å²) in [6.45, 7) is 7.35. The highest BCUT2D eigenvalue weighted by atomic mass is 35.5. The first-order valence-corrected chi connectivity index (χ1v) is 22.1. The first-order chi connectivity index (χ1) is 29.5. The highest BCUT2D eigenvalue weighted by molar-refractivity contribution is 7.99. The number of halogens is 3. The van der Waals surface area contributed by atoms with Gasteiger partial charge in [0.15, 0.2) is 0 Å². The van der Waals surface area contributed by atoms with Gasteiger partial charge < -0.3 is 24.8 Å². The van der Waals surface area contributed by atoms with Crippen molar-refractivity contribution >= 4 is 58.5 Å². The molecule has 3 fully saturated rings. The molecule has 0 radical (unpaired) electrons. The Labute approximate surface area is 361 Å². The lowest BCUT2D eigenvalue weighted by Crippen LogP contribution is -2.53. The zero-order chi connectivity index (χ0) is 42.5. The molecule has 0 bridgehead atoms. The molecular formula is C43H48ClF2N9O5S. The summed E-state index contributed by atoms with van der Waals surface area (Å²) < 4.78 is 30.3. The summed E-state index contributed by atoms with van der Waals surface area (Å²) in [5.74, 6) is 0.406. The van der Waals surface area contributed by atoms with Crippen LogP contribution in [-0.4, -0.2) is 123 Å². The van der Waals surface area contributed by atoms with E-state index >= 15 is 0 Å². The van der Waals surface area contributed by atoms with Crippen LogP contribution >= 0.6 is 23.4 Å². The van der Waals surface area contributed by atoms with E-state index in [1.807, 2.05) is 18.2 Å². The number of hydrogen-bond donors (Lipinski definition) is 3. The predicted molar refractivity (Wildman–Crippen MR) is 228 cm³/mol. The van der Waals surface area contributed by atoms with Crippen LogP contribution in [0.5, 0.6) is 5.75 Å². The number of H-pyrrole nitrogens is 1. The number of piperazine rings is 1. The number of ether oxygens (including phenoxy) is 1. The fourth-order valence-corrected chi connectivity index (χ4v) is 9.85. The molecule has 3 N–H and O–H groups in total. The summed E-state index contributed by atoms with van der Waals surface area (Å²) in [6.07, 6.45) is 9.19. The van der Waals surface area contributed by atoms with Gasteiger partial charge in [0.2, 0.25) is 11.8 Å². The Bertz CT molecular complexity index is 2210. The highest BCUT2D eigenvalue weighted by Gasteiger charge is 2.40. The van der Waals surface area contributed by atoms with Gasteiger partial charge in [-0.15, -0.1) is 20.5 Å². The first kappa shape index (κ1) is 42.6. The number of thioether (sulfide) groups is 1. The van der Waals surface area contributed by atoms with E-state index in [1.165, 1.54) is 24.3 Å². The number of anilines is 2. The third-order valence-electron chi connectivity index (χ3n) is 11.9. The van der Waals surface area contributed by atoms with Crippen LogP contribution in [0, 0.1) is 0 Å². The molecule has 1 unspecified atom stereocenters. The number of benzene rings is 2. The molecule has 61 heavy (non-hydrogen) atoms. The summed E-state index contributed by atoms with van der Waals surface area (Å²) in [7, 11) is 0. The molecule has 2 aromatic carbocycles. The van der Waals surface area contributed by atoms with Gasteiger partial charge in [-0.2, -0.15) is 5.10 Å². The molecule has 3 saturated heterocycles.